The van der Waals surface area contributed by atoms with Gasteiger partial charge in [0, 0.05) is 13.0 Å². The van der Waals surface area contributed by atoms with Crippen LogP contribution >= 0.6 is 0 Å². The molecule has 0 spiro atoms. The smallest absolute Gasteiger partial charge is 0.217 e. The van der Waals surface area contributed by atoms with Crippen molar-refractivity contribution in [2.45, 2.75) is 25.8 Å². The molecular weight excluding hydrogens is 166 g/mol. The summed E-state index contributed by atoms with van der Waals surface area (Å²) in [5.41, 5.74) is 0. The van der Waals surface area contributed by atoms with E-state index < -0.39 is 0 Å². The van der Waals surface area contributed by atoms with E-state index in [1.807, 2.05) is 0 Å². The first kappa shape index (κ1) is 10.5. The Balaban J connectivity index is 2.05. The van der Waals surface area contributed by atoms with Gasteiger partial charge in [0.15, 0.2) is 0 Å². The molecule has 0 saturated carbocycles. The van der Waals surface area contributed by atoms with Gasteiger partial charge >= 0.3 is 0 Å². The lowest BCUT2D eigenvalue weighted by Gasteiger charge is -2.29. The molecule has 1 heterocycles. The summed E-state index contributed by atoms with van der Waals surface area (Å²) in [5, 5.41) is 6.06. The van der Waals surface area contributed by atoms with Gasteiger partial charge in [-0.25, -0.2) is 0 Å². The van der Waals surface area contributed by atoms with Crippen molar-refractivity contribution in [1.82, 2.24) is 15.5 Å². The molecule has 0 aliphatic carbocycles. The Morgan fingerprint density at radius 2 is 2.08 bits per heavy atom. The lowest BCUT2D eigenvalue weighted by atomic mass is 10.1. The third kappa shape index (κ3) is 4.24. The van der Waals surface area contributed by atoms with Crippen LogP contribution in [-0.2, 0) is 4.79 Å². The van der Waals surface area contributed by atoms with Crippen molar-refractivity contribution in [3.8, 4) is 0 Å². The maximum absolute atomic E-state index is 10.6. The largest absolute Gasteiger partial charge is 0.344 e. The minimum atomic E-state index is 0.0282. The molecule has 0 radical (unpaired) electrons. The summed E-state index contributed by atoms with van der Waals surface area (Å²) in [5.74, 6) is 0.0282. The van der Waals surface area contributed by atoms with E-state index in [9.17, 15) is 4.79 Å². The summed E-state index contributed by atoms with van der Waals surface area (Å²) >= 11 is 0. The number of rotatable bonds is 3. The average molecular weight is 185 g/mol. The molecule has 4 nitrogen and oxygen atoms in total. The van der Waals surface area contributed by atoms with Gasteiger partial charge in [-0.3, -0.25) is 10.1 Å². The second-order valence-electron chi connectivity index (χ2n) is 3.69. The Hall–Kier alpha value is -0.610. The lowest BCUT2D eigenvalue weighted by molar-refractivity contribution is -0.119. The molecule has 1 amide bonds. The van der Waals surface area contributed by atoms with Crippen molar-refractivity contribution in [2.24, 2.45) is 0 Å². The monoisotopic (exact) mass is 185 g/mol. The maximum atomic E-state index is 10.6. The minimum Gasteiger partial charge on any atom is -0.344 e. The van der Waals surface area contributed by atoms with Crippen LogP contribution in [0.3, 0.4) is 0 Å². The topological polar surface area (TPSA) is 44.4 Å². The molecule has 1 aliphatic rings. The highest BCUT2D eigenvalue weighted by atomic mass is 16.1. The molecule has 1 aliphatic heterocycles. The number of piperidine rings is 1. The molecule has 1 saturated heterocycles. The Labute approximate surface area is 79.7 Å². The lowest BCUT2D eigenvalue weighted by Crippen LogP contribution is -2.44. The first-order chi connectivity index (χ1) is 6.18. The summed E-state index contributed by atoms with van der Waals surface area (Å²) in [6, 6.07) is 0.572. The van der Waals surface area contributed by atoms with Crippen LogP contribution in [0.1, 0.15) is 19.8 Å². The minimum absolute atomic E-state index is 0.0282. The van der Waals surface area contributed by atoms with Crippen molar-refractivity contribution in [1.29, 1.82) is 0 Å². The maximum Gasteiger partial charge on any atom is 0.217 e. The fourth-order valence-electron chi connectivity index (χ4n) is 1.53. The van der Waals surface area contributed by atoms with Gasteiger partial charge in [0.1, 0.15) is 0 Å². The summed E-state index contributed by atoms with van der Waals surface area (Å²) in [4.78, 5) is 12.9. The molecule has 0 atom stereocenters. The van der Waals surface area contributed by atoms with Crippen LogP contribution < -0.4 is 10.6 Å². The first-order valence-corrected chi connectivity index (χ1v) is 4.85. The first-order valence-electron chi connectivity index (χ1n) is 4.85. The molecule has 4 heteroatoms. The van der Waals surface area contributed by atoms with Crippen LogP contribution in [0.5, 0.6) is 0 Å². The number of nitrogens with zero attached hydrogens (tertiary/aromatic N) is 1. The average Bonchev–Trinajstić information content (AvgIpc) is 2.08. The Morgan fingerprint density at radius 3 is 2.62 bits per heavy atom. The Morgan fingerprint density at radius 1 is 1.46 bits per heavy atom. The number of hydrogen-bond acceptors (Lipinski definition) is 3. The third-order valence-corrected chi connectivity index (χ3v) is 2.45. The second-order valence-corrected chi connectivity index (χ2v) is 3.69. The van der Waals surface area contributed by atoms with E-state index in [1.54, 1.807) is 0 Å². The predicted molar refractivity (Wildman–Crippen MR) is 52.3 cm³/mol. The number of hydrogen-bond donors (Lipinski definition) is 2. The number of nitrogens with one attached hydrogen (secondary N) is 2. The van der Waals surface area contributed by atoms with E-state index >= 15 is 0 Å². The van der Waals surface area contributed by atoms with Gasteiger partial charge in [0.05, 0.1) is 6.67 Å². The molecule has 0 aromatic heterocycles. The Kier molecular flexibility index (Phi) is 4.18. The molecule has 76 valence electrons. The van der Waals surface area contributed by atoms with Gasteiger partial charge in [-0.05, 0) is 33.0 Å². The number of carbonyl (C=O) groups excluding carboxylic acids is 1. The van der Waals surface area contributed by atoms with Crippen molar-refractivity contribution < 1.29 is 4.79 Å². The van der Waals surface area contributed by atoms with Crippen LogP contribution in [0, 0.1) is 0 Å². The number of carbonyl (C=O) groups is 1. The van der Waals surface area contributed by atoms with E-state index in [4.69, 9.17) is 0 Å². The van der Waals surface area contributed by atoms with Gasteiger partial charge < -0.3 is 10.2 Å². The molecule has 0 aromatic rings. The van der Waals surface area contributed by atoms with Gasteiger partial charge in [0.2, 0.25) is 5.91 Å². The second kappa shape index (κ2) is 5.19. The molecule has 1 fully saturated rings. The zero-order valence-corrected chi connectivity index (χ0v) is 8.47. The zero-order chi connectivity index (χ0) is 9.68. The van der Waals surface area contributed by atoms with Crippen LogP contribution in [0.2, 0.25) is 0 Å². The standard InChI is InChI=1S/C9H19N3O/c1-8(13)10-7-11-9-3-5-12(2)6-4-9/h9,11H,3-7H2,1-2H3,(H,10,13). The molecule has 0 aromatic carbocycles. The fourth-order valence-corrected chi connectivity index (χ4v) is 1.53. The summed E-state index contributed by atoms with van der Waals surface area (Å²) in [7, 11) is 2.14. The quantitative estimate of drug-likeness (QED) is 0.597. The van der Waals surface area contributed by atoms with E-state index in [0.717, 1.165) is 13.1 Å². The molecule has 0 bridgehead atoms. The molecule has 0 unspecified atom stereocenters. The SMILES string of the molecule is CC(=O)NCNC1CCN(C)CC1. The molecule has 2 N–H and O–H groups in total. The van der Waals surface area contributed by atoms with Gasteiger partial charge in [-0.15, -0.1) is 0 Å². The molecule has 1 rings (SSSR count). The highest BCUT2D eigenvalue weighted by Gasteiger charge is 2.15. The van der Waals surface area contributed by atoms with E-state index in [-0.39, 0.29) is 5.91 Å². The van der Waals surface area contributed by atoms with E-state index in [1.165, 1.54) is 19.8 Å². The normalized spacial score (nSPS) is 20.2. The van der Waals surface area contributed by atoms with Crippen molar-refractivity contribution in [3.63, 3.8) is 0 Å². The van der Waals surface area contributed by atoms with E-state index in [2.05, 4.69) is 22.6 Å². The third-order valence-electron chi connectivity index (χ3n) is 2.45. The fraction of sp³-hybridized carbons (Fsp3) is 0.889. The van der Waals surface area contributed by atoms with Crippen LogP contribution in [0.4, 0.5) is 0 Å². The highest BCUT2D eigenvalue weighted by molar-refractivity contribution is 5.72. The van der Waals surface area contributed by atoms with Crippen molar-refractivity contribution in [3.05, 3.63) is 0 Å². The van der Waals surface area contributed by atoms with Gasteiger partial charge in [-0.2, -0.15) is 0 Å². The predicted octanol–water partition coefficient (Wildman–Crippen LogP) is -0.236. The van der Waals surface area contributed by atoms with E-state index in [0.29, 0.717) is 12.7 Å². The zero-order valence-electron chi connectivity index (χ0n) is 8.47. The summed E-state index contributed by atoms with van der Waals surface area (Å²) < 4.78 is 0. The van der Waals surface area contributed by atoms with Crippen molar-refractivity contribution in [2.75, 3.05) is 26.8 Å². The number of amides is 1. The molecule has 13 heavy (non-hydrogen) atoms. The van der Waals surface area contributed by atoms with Crippen LogP contribution in [-0.4, -0.2) is 43.7 Å². The van der Waals surface area contributed by atoms with Crippen LogP contribution in [0.15, 0.2) is 0 Å². The van der Waals surface area contributed by atoms with Gasteiger partial charge in [0.25, 0.3) is 0 Å². The molecular formula is C9H19N3O. The van der Waals surface area contributed by atoms with Crippen LogP contribution in [0.25, 0.3) is 0 Å². The number of likely N-dealkylation sites (tertiary alicyclic amines) is 1. The summed E-state index contributed by atoms with van der Waals surface area (Å²) in [6.45, 7) is 4.44. The Bertz CT molecular complexity index is 164. The van der Waals surface area contributed by atoms with Crippen molar-refractivity contribution >= 4 is 5.91 Å². The highest BCUT2D eigenvalue weighted by Crippen LogP contribution is 2.07. The van der Waals surface area contributed by atoms with Gasteiger partial charge in [-0.1, -0.05) is 0 Å². The summed E-state index contributed by atoms with van der Waals surface area (Å²) in [6.07, 6.45) is 2.35.